The lowest BCUT2D eigenvalue weighted by molar-refractivity contribution is -0.136. The standard InChI is InChI=1S/C23H29F3N4O/c1-15-12-30(14-19(15)28-21(31)11-16-5-4-10-29(2)13-16)20-8-7-18(23(24,25)26)22-17(20)6-3-9-27-22/h3,6-9,15-16,19H,4-5,10-14H2,1-2H3,(H,28,31)/t15-,16+,19+/m1/s1. The maximum Gasteiger partial charge on any atom is 0.418 e. The Bertz CT molecular complexity index is 948. The largest absolute Gasteiger partial charge is 0.418 e. The highest BCUT2D eigenvalue weighted by atomic mass is 19.4. The first kappa shape index (κ1) is 21.9. The predicted molar refractivity (Wildman–Crippen MR) is 115 cm³/mol. The van der Waals surface area contributed by atoms with Gasteiger partial charge in [0.15, 0.2) is 0 Å². The van der Waals surface area contributed by atoms with Crippen LogP contribution in [0.2, 0.25) is 0 Å². The van der Waals surface area contributed by atoms with E-state index < -0.39 is 11.7 Å². The molecule has 1 aromatic carbocycles. The van der Waals surface area contributed by atoms with Crippen molar-refractivity contribution < 1.29 is 18.0 Å². The number of anilines is 1. The third kappa shape index (κ3) is 4.79. The summed E-state index contributed by atoms with van der Waals surface area (Å²) < 4.78 is 40.2. The highest BCUT2D eigenvalue weighted by Gasteiger charge is 2.36. The highest BCUT2D eigenvalue weighted by Crippen LogP contribution is 2.38. The quantitative estimate of drug-likeness (QED) is 0.792. The zero-order chi connectivity index (χ0) is 22.2. The summed E-state index contributed by atoms with van der Waals surface area (Å²) in [5, 5.41) is 3.67. The number of nitrogens with one attached hydrogen (secondary N) is 1. The fourth-order valence-electron chi connectivity index (χ4n) is 4.98. The molecule has 0 radical (unpaired) electrons. The monoisotopic (exact) mass is 434 g/mol. The number of hydrogen-bond acceptors (Lipinski definition) is 4. The Morgan fingerprint density at radius 3 is 2.77 bits per heavy atom. The minimum absolute atomic E-state index is 0.0252. The van der Waals surface area contributed by atoms with Crippen molar-refractivity contribution in [2.24, 2.45) is 11.8 Å². The van der Waals surface area contributed by atoms with E-state index in [1.807, 2.05) is 0 Å². The minimum Gasteiger partial charge on any atom is -0.369 e. The SMILES string of the molecule is C[C@@H]1CN(c2ccc(C(F)(F)F)c3ncccc23)C[C@@H]1NC(=O)C[C@@H]1CCCN(C)C1. The Kier molecular flexibility index (Phi) is 6.10. The number of pyridine rings is 1. The minimum atomic E-state index is -4.45. The van der Waals surface area contributed by atoms with Crippen LogP contribution in [0.1, 0.15) is 31.7 Å². The highest BCUT2D eigenvalue weighted by molar-refractivity contribution is 5.94. The molecule has 4 rings (SSSR count). The summed E-state index contributed by atoms with van der Waals surface area (Å²) >= 11 is 0. The lowest BCUT2D eigenvalue weighted by atomic mass is 9.94. The van der Waals surface area contributed by atoms with Gasteiger partial charge in [-0.05, 0) is 62.5 Å². The second kappa shape index (κ2) is 8.65. The third-order valence-corrected chi connectivity index (χ3v) is 6.55. The van der Waals surface area contributed by atoms with Crippen molar-refractivity contribution in [1.29, 1.82) is 0 Å². The maximum absolute atomic E-state index is 13.4. The number of benzene rings is 1. The predicted octanol–water partition coefficient (Wildman–Crippen LogP) is 3.93. The molecular weight excluding hydrogens is 405 g/mol. The molecule has 0 unspecified atom stereocenters. The Balaban J connectivity index is 1.47. The fourth-order valence-corrected chi connectivity index (χ4v) is 4.98. The van der Waals surface area contributed by atoms with Gasteiger partial charge in [0.1, 0.15) is 0 Å². The van der Waals surface area contributed by atoms with Crippen LogP contribution in [0, 0.1) is 11.8 Å². The summed E-state index contributed by atoms with van der Waals surface area (Å²) in [5.74, 6) is 0.654. The molecule has 3 heterocycles. The molecule has 5 nitrogen and oxygen atoms in total. The van der Waals surface area contributed by atoms with Crippen molar-refractivity contribution in [3.63, 3.8) is 0 Å². The van der Waals surface area contributed by atoms with Crippen molar-refractivity contribution in [2.75, 3.05) is 38.1 Å². The number of hydrogen-bond donors (Lipinski definition) is 1. The van der Waals surface area contributed by atoms with Crippen LogP contribution >= 0.6 is 0 Å². The number of likely N-dealkylation sites (tertiary alicyclic amines) is 1. The van der Waals surface area contributed by atoms with Gasteiger partial charge in [0.05, 0.1) is 17.1 Å². The normalized spacial score (nSPS) is 25.2. The molecule has 1 N–H and O–H groups in total. The number of aromatic nitrogens is 1. The second-order valence-corrected chi connectivity index (χ2v) is 9.06. The summed E-state index contributed by atoms with van der Waals surface area (Å²) in [5.41, 5.74) is -0.0240. The van der Waals surface area contributed by atoms with Crippen molar-refractivity contribution in [2.45, 2.75) is 38.4 Å². The summed E-state index contributed by atoms with van der Waals surface area (Å²) in [6, 6.07) is 5.96. The van der Waals surface area contributed by atoms with Gasteiger partial charge in [-0.15, -0.1) is 0 Å². The van der Waals surface area contributed by atoms with Crippen molar-refractivity contribution in [1.82, 2.24) is 15.2 Å². The van der Waals surface area contributed by atoms with E-state index in [1.165, 1.54) is 12.3 Å². The van der Waals surface area contributed by atoms with Gasteiger partial charge in [0.2, 0.25) is 5.91 Å². The van der Waals surface area contributed by atoms with Crippen LogP contribution in [0.25, 0.3) is 10.9 Å². The van der Waals surface area contributed by atoms with Crippen LogP contribution < -0.4 is 10.2 Å². The van der Waals surface area contributed by atoms with Crippen LogP contribution in [0.4, 0.5) is 18.9 Å². The molecule has 2 fully saturated rings. The second-order valence-electron chi connectivity index (χ2n) is 9.06. The zero-order valence-electron chi connectivity index (χ0n) is 18.0. The van der Waals surface area contributed by atoms with Gasteiger partial charge in [-0.2, -0.15) is 13.2 Å². The first-order valence-corrected chi connectivity index (χ1v) is 10.9. The van der Waals surface area contributed by atoms with Gasteiger partial charge in [0, 0.05) is 43.3 Å². The van der Waals surface area contributed by atoms with Crippen LogP contribution in [-0.2, 0) is 11.0 Å². The number of carbonyl (C=O) groups is 1. The molecule has 0 saturated carbocycles. The van der Waals surface area contributed by atoms with Gasteiger partial charge in [-0.3, -0.25) is 9.78 Å². The summed E-state index contributed by atoms with van der Waals surface area (Å²) in [6.45, 7) is 5.36. The summed E-state index contributed by atoms with van der Waals surface area (Å²) in [7, 11) is 2.09. The first-order chi connectivity index (χ1) is 14.7. The molecular formula is C23H29F3N4O. The van der Waals surface area contributed by atoms with Crippen LogP contribution in [0.15, 0.2) is 30.5 Å². The van der Waals surface area contributed by atoms with E-state index in [0.29, 0.717) is 30.8 Å². The number of amides is 1. The van der Waals surface area contributed by atoms with Gasteiger partial charge < -0.3 is 15.1 Å². The summed E-state index contributed by atoms with van der Waals surface area (Å²) in [4.78, 5) is 21.0. The van der Waals surface area contributed by atoms with Crippen LogP contribution in [0.5, 0.6) is 0 Å². The Morgan fingerprint density at radius 1 is 1.23 bits per heavy atom. The van der Waals surface area contributed by atoms with Crippen molar-refractivity contribution >= 4 is 22.5 Å². The number of carbonyl (C=O) groups excluding carboxylic acids is 1. The Morgan fingerprint density at radius 2 is 2.03 bits per heavy atom. The lowest BCUT2D eigenvalue weighted by Crippen LogP contribution is -2.42. The molecule has 0 spiro atoms. The van der Waals surface area contributed by atoms with E-state index in [-0.39, 0.29) is 23.4 Å². The maximum atomic E-state index is 13.4. The Labute approximate surface area is 180 Å². The average Bonchev–Trinajstić information content (AvgIpc) is 3.06. The molecule has 1 amide bonds. The number of halogens is 3. The number of piperidine rings is 1. The molecule has 1 aromatic heterocycles. The van der Waals surface area contributed by atoms with E-state index in [9.17, 15) is 18.0 Å². The molecule has 0 aliphatic carbocycles. The summed E-state index contributed by atoms with van der Waals surface area (Å²) in [6.07, 6.45) is -0.334. The molecule has 31 heavy (non-hydrogen) atoms. The van der Waals surface area contributed by atoms with E-state index >= 15 is 0 Å². The topological polar surface area (TPSA) is 48.5 Å². The van der Waals surface area contributed by atoms with Crippen LogP contribution in [-0.4, -0.2) is 55.1 Å². The Hall–Kier alpha value is -2.35. The van der Waals surface area contributed by atoms with Crippen LogP contribution in [0.3, 0.4) is 0 Å². The zero-order valence-corrected chi connectivity index (χ0v) is 18.0. The number of rotatable bonds is 4. The fraction of sp³-hybridized carbons (Fsp3) is 0.565. The molecule has 0 bridgehead atoms. The molecule has 8 heteroatoms. The lowest BCUT2D eigenvalue weighted by Gasteiger charge is -2.29. The van der Waals surface area contributed by atoms with E-state index in [1.54, 1.807) is 12.1 Å². The molecule has 2 aromatic rings. The average molecular weight is 435 g/mol. The number of nitrogens with zero attached hydrogens (tertiary/aromatic N) is 3. The van der Waals surface area contributed by atoms with E-state index in [4.69, 9.17) is 0 Å². The van der Waals surface area contributed by atoms with Gasteiger partial charge in [0.25, 0.3) is 0 Å². The first-order valence-electron chi connectivity index (χ1n) is 10.9. The molecule has 2 aliphatic rings. The third-order valence-electron chi connectivity index (χ3n) is 6.55. The molecule has 168 valence electrons. The van der Waals surface area contributed by atoms with Gasteiger partial charge in [-0.25, -0.2) is 0 Å². The van der Waals surface area contributed by atoms with Crippen molar-refractivity contribution in [3.8, 4) is 0 Å². The van der Waals surface area contributed by atoms with E-state index in [2.05, 4.69) is 34.1 Å². The molecule has 2 saturated heterocycles. The van der Waals surface area contributed by atoms with E-state index in [0.717, 1.165) is 37.7 Å². The smallest absolute Gasteiger partial charge is 0.369 e. The number of fused-ring (bicyclic) bond motifs is 1. The van der Waals surface area contributed by atoms with Crippen molar-refractivity contribution in [3.05, 3.63) is 36.0 Å². The van der Waals surface area contributed by atoms with Gasteiger partial charge >= 0.3 is 6.18 Å². The van der Waals surface area contributed by atoms with Gasteiger partial charge in [-0.1, -0.05) is 6.92 Å². The molecule has 3 atom stereocenters. The molecule has 2 aliphatic heterocycles. The number of alkyl halides is 3.